The van der Waals surface area contributed by atoms with Gasteiger partial charge in [0.15, 0.2) is 0 Å². The summed E-state index contributed by atoms with van der Waals surface area (Å²) in [6.45, 7) is 3.22. The second kappa shape index (κ2) is 8.29. The number of carbonyl (C=O) groups is 1. The molecule has 2 aromatic carbocycles. The predicted octanol–water partition coefficient (Wildman–Crippen LogP) is 3.67. The monoisotopic (exact) mass is 334 g/mol. The molecule has 0 aliphatic heterocycles. The number of fused-ring (bicyclic) bond motifs is 1. The van der Waals surface area contributed by atoms with Crippen molar-refractivity contribution < 1.29 is 9.53 Å². The minimum atomic E-state index is 0.00806. The Morgan fingerprint density at radius 2 is 1.96 bits per heavy atom. The van der Waals surface area contributed by atoms with Gasteiger partial charge < -0.3 is 10.1 Å². The first kappa shape index (κ1) is 17.0. The van der Waals surface area contributed by atoms with Gasteiger partial charge in [-0.1, -0.05) is 36.4 Å². The molecule has 3 rings (SSSR count). The highest BCUT2D eigenvalue weighted by Crippen LogP contribution is 2.16. The van der Waals surface area contributed by atoms with Crippen molar-refractivity contribution in [1.29, 1.82) is 0 Å². The van der Waals surface area contributed by atoms with Crippen molar-refractivity contribution in [2.24, 2.45) is 0 Å². The molecule has 1 aromatic heterocycles. The van der Waals surface area contributed by atoms with E-state index in [1.54, 1.807) is 6.20 Å². The summed E-state index contributed by atoms with van der Waals surface area (Å²) in [5, 5.41) is 4.00. The molecule has 0 fully saturated rings. The number of aryl methyl sites for hydroxylation is 1. The normalized spacial score (nSPS) is 10.6. The Hall–Kier alpha value is -2.88. The predicted molar refractivity (Wildman–Crippen MR) is 99.7 cm³/mol. The number of aromatic nitrogens is 1. The Labute approximate surface area is 147 Å². The van der Waals surface area contributed by atoms with Crippen LogP contribution in [0, 0.1) is 6.92 Å². The Bertz CT molecular complexity index is 856. The SMILES string of the molecule is Cc1cccc(OCCCNC(=O)Cc2cccc3cccnc23)c1. The van der Waals surface area contributed by atoms with Crippen LogP contribution in [0.3, 0.4) is 0 Å². The molecule has 0 unspecified atom stereocenters. The molecular formula is C21H22N2O2. The molecule has 0 aliphatic rings. The van der Waals surface area contributed by atoms with Crippen LogP contribution in [0.1, 0.15) is 17.5 Å². The summed E-state index contributed by atoms with van der Waals surface area (Å²) in [5.41, 5.74) is 3.02. The highest BCUT2D eigenvalue weighted by atomic mass is 16.5. The van der Waals surface area contributed by atoms with Gasteiger partial charge in [-0.3, -0.25) is 9.78 Å². The van der Waals surface area contributed by atoms with Crippen molar-refractivity contribution in [1.82, 2.24) is 10.3 Å². The van der Waals surface area contributed by atoms with Crippen molar-refractivity contribution >= 4 is 16.8 Å². The average molecular weight is 334 g/mol. The van der Waals surface area contributed by atoms with Crippen LogP contribution in [0.25, 0.3) is 10.9 Å². The zero-order chi connectivity index (χ0) is 17.5. The summed E-state index contributed by atoms with van der Waals surface area (Å²) in [6, 6.07) is 17.8. The van der Waals surface area contributed by atoms with Gasteiger partial charge in [-0.2, -0.15) is 0 Å². The van der Waals surface area contributed by atoms with Gasteiger partial charge in [0.25, 0.3) is 0 Å². The van der Waals surface area contributed by atoms with E-state index in [-0.39, 0.29) is 5.91 Å². The molecule has 1 N–H and O–H groups in total. The maximum atomic E-state index is 12.2. The number of para-hydroxylation sites is 1. The molecule has 128 valence electrons. The molecule has 4 heteroatoms. The molecule has 0 radical (unpaired) electrons. The zero-order valence-electron chi connectivity index (χ0n) is 14.4. The van der Waals surface area contributed by atoms with Gasteiger partial charge in [0.05, 0.1) is 18.5 Å². The van der Waals surface area contributed by atoms with Crippen LogP contribution in [0.5, 0.6) is 5.75 Å². The second-order valence-corrected chi connectivity index (χ2v) is 6.04. The van der Waals surface area contributed by atoms with Crippen LogP contribution in [0.15, 0.2) is 60.8 Å². The highest BCUT2D eigenvalue weighted by molar-refractivity contribution is 5.87. The van der Waals surface area contributed by atoms with Crippen LogP contribution in [-0.2, 0) is 11.2 Å². The van der Waals surface area contributed by atoms with Crippen molar-refractivity contribution in [2.45, 2.75) is 19.8 Å². The Balaban J connectivity index is 1.43. The minimum Gasteiger partial charge on any atom is -0.494 e. The molecule has 0 saturated carbocycles. The second-order valence-electron chi connectivity index (χ2n) is 6.04. The van der Waals surface area contributed by atoms with Gasteiger partial charge in [0.2, 0.25) is 5.91 Å². The Morgan fingerprint density at radius 3 is 2.84 bits per heavy atom. The number of carbonyl (C=O) groups excluding carboxylic acids is 1. The van der Waals surface area contributed by atoms with E-state index in [4.69, 9.17) is 4.74 Å². The topological polar surface area (TPSA) is 51.2 Å². The highest BCUT2D eigenvalue weighted by Gasteiger charge is 2.07. The van der Waals surface area contributed by atoms with Crippen molar-refractivity contribution in [3.63, 3.8) is 0 Å². The van der Waals surface area contributed by atoms with E-state index in [0.29, 0.717) is 19.6 Å². The molecule has 0 atom stereocenters. The number of nitrogens with one attached hydrogen (secondary N) is 1. The maximum absolute atomic E-state index is 12.2. The number of hydrogen-bond acceptors (Lipinski definition) is 3. The lowest BCUT2D eigenvalue weighted by Crippen LogP contribution is -2.27. The molecule has 1 amide bonds. The van der Waals surface area contributed by atoms with Gasteiger partial charge >= 0.3 is 0 Å². The van der Waals surface area contributed by atoms with Gasteiger partial charge in [-0.25, -0.2) is 0 Å². The van der Waals surface area contributed by atoms with E-state index >= 15 is 0 Å². The average Bonchev–Trinajstić information content (AvgIpc) is 2.62. The molecule has 3 aromatic rings. The number of benzene rings is 2. The number of ether oxygens (including phenoxy) is 1. The van der Waals surface area contributed by atoms with E-state index in [0.717, 1.165) is 28.6 Å². The standard InChI is InChI=1S/C21H22N2O2/c1-16-6-2-10-19(14-16)25-13-5-12-22-20(24)15-18-8-3-7-17-9-4-11-23-21(17)18/h2-4,6-11,14H,5,12-13,15H2,1H3,(H,22,24). The lowest BCUT2D eigenvalue weighted by atomic mass is 10.1. The van der Waals surface area contributed by atoms with E-state index < -0.39 is 0 Å². The third kappa shape index (κ3) is 4.80. The zero-order valence-corrected chi connectivity index (χ0v) is 14.4. The summed E-state index contributed by atoms with van der Waals surface area (Å²) in [7, 11) is 0. The Kier molecular flexibility index (Phi) is 5.62. The summed E-state index contributed by atoms with van der Waals surface area (Å²) >= 11 is 0. The first-order valence-electron chi connectivity index (χ1n) is 8.51. The molecule has 1 heterocycles. The molecule has 0 saturated heterocycles. The molecule has 0 bridgehead atoms. The third-order valence-corrected chi connectivity index (χ3v) is 3.97. The lowest BCUT2D eigenvalue weighted by molar-refractivity contribution is -0.120. The largest absolute Gasteiger partial charge is 0.494 e. The fourth-order valence-electron chi connectivity index (χ4n) is 2.74. The van der Waals surface area contributed by atoms with E-state index in [2.05, 4.69) is 10.3 Å². The van der Waals surface area contributed by atoms with Gasteiger partial charge in [-0.05, 0) is 42.7 Å². The summed E-state index contributed by atoms with van der Waals surface area (Å²) in [5.74, 6) is 0.877. The van der Waals surface area contributed by atoms with Gasteiger partial charge in [0.1, 0.15) is 5.75 Å². The quantitative estimate of drug-likeness (QED) is 0.671. The maximum Gasteiger partial charge on any atom is 0.224 e. The summed E-state index contributed by atoms with van der Waals surface area (Å²) in [4.78, 5) is 16.5. The van der Waals surface area contributed by atoms with E-state index in [9.17, 15) is 4.79 Å². The molecule has 0 spiro atoms. The van der Waals surface area contributed by atoms with Gasteiger partial charge in [0, 0.05) is 18.1 Å². The van der Waals surface area contributed by atoms with Crippen molar-refractivity contribution in [3.8, 4) is 5.75 Å². The van der Waals surface area contributed by atoms with Crippen molar-refractivity contribution in [2.75, 3.05) is 13.2 Å². The molecular weight excluding hydrogens is 312 g/mol. The van der Waals surface area contributed by atoms with Crippen LogP contribution < -0.4 is 10.1 Å². The first-order chi connectivity index (χ1) is 12.2. The lowest BCUT2D eigenvalue weighted by Gasteiger charge is -2.09. The molecule has 25 heavy (non-hydrogen) atoms. The van der Waals surface area contributed by atoms with Crippen LogP contribution in [0.4, 0.5) is 0 Å². The number of rotatable bonds is 7. The van der Waals surface area contributed by atoms with Crippen LogP contribution in [0.2, 0.25) is 0 Å². The number of amides is 1. The molecule has 4 nitrogen and oxygen atoms in total. The summed E-state index contributed by atoms with van der Waals surface area (Å²) in [6.07, 6.45) is 2.87. The van der Waals surface area contributed by atoms with Crippen LogP contribution >= 0.6 is 0 Å². The third-order valence-electron chi connectivity index (χ3n) is 3.97. The summed E-state index contributed by atoms with van der Waals surface area (Å²) < 4.78 is 5.68. The number of nitrogens with zero attached hydrogens (tertiary/aromatic N) is 1. The first-order valence-corrected chi connectivity index (χ1v) is 8.51. The van der Waals surface area contributed by atoms with Crippen molar-refractivity contribution in [3.05, 3.63) is 71.9 Å². The van der Waals surface area contributed by atoms with Crippen LogP contribution in [-0.4, -0.2) is 24.0 Å². The number of pyridine rings is 1. The van der Waals surface area contributed by atoms with E-state index in [1.807, 2.05) is 61.5 Å². The number of hydrogen-bond donors (Lipinski definition) is 1. The fourth-order valence-corrected chi connectivity index (χ4v) is 2.74. The smallest absolute Gasteiger partial charge is 0.224 e. The minimum absolute atomic E-state index is 0.00806. The van der Waals surface area contributed by atoms with Gasteiger partial charge in [-0.15, -0.1) is 0 Å². The van der Waals surface area contributed by atoms with E-state index in [1.165, 1.54) is 5.56 Å². The molecule has 0 aliphatic carbocycles. The fraction of sp³-hybridized carbons (Fsp3) is 0.238. The Morgan fingerprint density at radius 1 is 1.12 bits per heavy atom.